The Morgan fingerprint density at radius 2 is 2.14 bits per heavy atom. The third-order valence-electron chi connectivity index (χ3n) is 3.83. The summed E-state index contributed by atoms with van der Waals surface area (Å²) in [7, 11) is 3.34. The van der Waals surface area contributed by atoms with Crippen molar-refractivity contribution >= 4 is 5.91 Å². The Morgan fingerprint density at radius 1 is 1.48 bits per heavy atom. The number of halogens is 1. The summed E-state index contributed by atoms with van der Waals surface area (Å²) in [6.07, 6.45) is 1.03. The van der Waals surface area contributed by atoms with Crippen LogP contribution in [0.4, 0.5) is 4.39 Å². The second kappa shape index (κ2) is 6.10. The molecule has 1 heterocycles. The van der Waals surface area contributed by atoms with E-state index in [-0.39, 0.29) is 11.3 Å². The minimum absolute atomic E-state index is 0.159. The van der Waals surface area contributed by atoms with Gasteiger partial charge in [-0.1, -0.05) is 6.07 Å². The van der Waals surface area contributed by atoms with Crippen LogP contribution < -0.4 is 10.1 Å². The summed E-state index contributed by atoms with van der Waals surface area (Å²) in [5, 5.41) is 12.1. The van der Waals surface area contributed by atoms with Crippen LogP contribution in [0.1, 0.15) is 23.2 Å². The first-order chi connectivity index (χ1) is 10.0. The maximum absolute atomic E-state index is 13.9. The summed E-state index contributed by atoms with van der Waals surface area (Å²) in [5.41, 5.74) is -1.11. The van der Waals surface area contributed by atoms with Gasteiger partial charge >= 0.3 is 0 Å². The van der Waals surface area contributed by atoms with Crippen LogP contribution in [0.5, 0.6) is 5.75 Å². The number of carbonyl (C=O) groups is 1. The summed E-state index contributed by atoms with van der Waals surface area (Å²) in [6, 6.07) is 6.37. The number of amides is 1. The molecule has 0 unspecified atom stereocenters. The number of nitrogens with one attached hydrogen (secondary N) is 1. The molecule has 0 saturated carbocycles. The summed E-state index contributed by atoms with van der Waals surface area (Å²) in [4.78, 5) is 14.5. The van der Waals surface area contributed by atoms with Gasteiger partial charge in [-0.15, -0.1) is 0 Å². The van der Waals surface area contributed by atoms with E-state index in [1.54, 1.807) is 0 Å². The first-order valence-corrected chi connectivity index (χ1v) is 6.76. The van der Waals surface area contributed by atoms with Crippen molar-refractivity contribution in [3.05, 3.63) is 29.6 Å². The maximum Gasteiger partial charge on any atom is 0.259 e. The minimum Gasteiger partial charge on any atom is -0.496 e. The van der Waals surface area contributed by atoms with Crippen LogP contribution in [0.2, 0.25) is 0 Å². The maximum atomic E-state index is 13.9. The lowest BCUT2D eigenvalue weighted by Gasteiger charge is -2.36. The third-order valence-corrected chi connectivity index (χ3v) is 3.83. The quantitative estimate of drug-likeness (QED) is 0.917. The largest absolute Gasteiger partial charge is 0.496 e. The Morgan fingerprint density at radius 3 is 2.71 bits per heavy atom. The molecule has 2 rings (SSSR count). The van der Waals surface area contributed by atoms with Crippen molar-refractivity contribution in [2.75, 3.05) is 27.2 Å². The molecule has 6 heteroatoms. The molecule has 1 aliphatic rings. The highest BCUT2D eigenvalue weighted by Crippen LogP contribution is 2.25. The van der Waals surface area contributed by atoms with Crippen molar-refractivity contribution < 1.29 is 13.9 Å². The molecule has 1 fully saturated rings. The molecule has 1 aromatic carbocycles. The zero-order valence-corrected chi connectivity index (χ0v) is 12.1. The molecule has 0 radical (unpaired) electrons. The van der Waals surface area contributed by atoms with Gasteiger partial charge in [0.05, 0.1) is 13.2 Å². The van der Waals surface area contributed by atoms with Crippen molar-refractivity contribution in [2.45, 2.75) is 18.4 Å². The molecule has 1 aromatic rings. The fraction of sp³-hybridized carbons (Fsp3) is 0.467. The molecule has 0 aliphatic carbocycles. The first-order valence-electron chi connectivity index (χ1n) is 6.76. The zero-order valence-electron chi connectivity index (χ0n) is 12.1. The van der Waals surface area contributed by atoms with E-state index in [0.717, 1.165) is 0 Å². The molecule has 5 nitrogen and oxygen atoms in total. The molecular weight excluding hydrogens is 273 g/mol. The van der Waals surface area contributed by atoms with Gasteiger partial charge in [-0.3, -0.25) is 4.79 Å². The zero-order chi connectivity index (χ0) is 15.5. The van der Waals surface area contributed by atoms with Gasteiger partial charge in [0.15, 0.2) is 0 Å². The number of methoxy groups -OCH3 is 1. The van der Waals surface area contributed by atoms with Crippen LogP contribution in [-0.4, -0.2) is 43.6 Å². The first kappa shape index (κ1) is 15.3. The minimum atomic E-state index is -0.948. The predicted octanol–water partition coefficient (Wildman–Crippen LogP) is 1.55. The van der Waals surface area contributed by atoms with Gasteiger partial charge in [-0.25, -0.2) is 4.39 Å². The lowest BCUT2D eigenvalue weighted by atomic mass is 9.88. The molecular formula is C15H18FN3O2. The Kier molecular flexibility index (Phi) is 4.43. The van der Waals surface area contributed by atoms with E-state index >= 15 is 0 Å². The van der Waals surface area contributed by atoms with E-state index < -0.39 is 17.3 Å². The van der Waals surface area contributed by atoms with E-state index in [1.165, 1.54) is 25.3 Å². The third kappa shape index (κ3) is 3.14. The number of hydrogen-bond acceptors (Lipinski definition) is 4. The average molecular weight is 291 g/mol. The van der Waals surface area contributed by atoms with Crippen LogP contribution >= 0.6 is 0 Å². The van der Waals surface area contributed by atoms with Gasteiger partial charge in [0.25, 0.3) is 5.91 Å². The van der Waals surface area contributed by atoms with Gasteiger partial charge < -0.3 is 15.0 Å². The van der Waals surface area contributed by atoms with Gasteiger partial charge in [0, 0.05) is 13.1 Å². The molecule has 0 spiro atoms. The second-order valence-electron chi connectivity index (χ2n) is 5.27. The number of benzene rings is 1. The van der Waals surface area contributed by atoms with E-state index in [9.17, 15) is 14.4 Å². The smallest absolute Gasteiger partial charge is 0.259 e. The van der Waals surface area contributed by atoms with Gasteiger partial charge in [0.2, 0.25) is 0 Å². The molecule has 0 bridgehead atoms. The molecule has 112 valence electrons. The van der Waals surface area contributed by atoms with Crippen LogP contribution in [0.25, 0.3) is 0 Å². The Labute approximate surface area is 123 Å². The highest BCUT2D eigenvalue weighted by Gasteiger charge is 2.36. The molecule has 1 amide bonds. The molecule has 0 aromatic heterocycles. The Hall–Kier alpha value is -2.13. The number of nitrogens with zero attached hydrogens (tertiary/aromatic N) is 2. The van der Waals surface area contributed by atoms with Crippen molar-refractivity contribution in [2.24, 2.45) is 0 Å². The number of rotatable bonds is 3. The molecule has 21 heavy (non-hydrogen) atoms. The monoisotopic (exact) mass is 291 g/mol. The number of ether oxygens (including phenoxy) is 1. The van der Waals surface area contributed by atoms with E-state index in [4.69, 9.17) is 4.74 Å². The Balaban J connectivity index is 2.23. The molecule has 1 aliphatic heterocycles. The number of carbonyl (C=O) groups excluding carboxylic acids is 1. The SMILES string of the molecule is COc1cccc(F)c1C(=O)NC1(C#N)CCN(C)CC1. The molecule has 0 atom stereocenters. The highest BCUT2D eigenvalue weighted by molar-refractivity contribution is 5.97. The number of likely N-dealkylation sites (tertiary alicyclic amines) is 1. The highest BCUT2D eigenvalue weighted by atomic mass is 19.1. The number of hydrogen-bond donors (Lipinski definition) is 1. The Bertz CT molecular complexity index is 575. The lowest BCUT2D eigenvalue weighted by Crippen LogP contribution is -2.54. The summed E-state index contributed by atoms with van der Waals surface area (Å²) >= 11 is 0. The summed E-state index contributed by atoms with van der Waals surface area (Å²) in [5.74, 6) is -1.11. The lowest BCUT2D eigenvalue weighted by molar-refractivity contribution is 0.0874. The normalized spacial score (nSPS) is 17.8. The number of piperidine rings is 1. The van der Waals surface area contributed by atoms with Crippen LogP contribution in [0.15, 0.2) is 18.2 Å². The van der Waals surface area contributed by atoms with Crippen molar-refractivity contribution in [3.63, 3.8) is 0 Å². The molecule has 1 N–H and O–H groups in total. The van der Waals surface area contributed by atoms with Crippen molar-refractivity contribution in [1.29, 1.82) is 5.26 Å². The van der Waals surface area contributed by atoms with Gasteiger partial charge in [-0.2, -0.15) is 5.26 Å². The van der Waals surface area contributed by atoms with Crippen LogP contribution in [0, 0.1) is 17.1 Å². The summed E-state index contributed by atoms with van der Waals surface area (Å²) in [6.45, 7) is 1.42. The van der Waals surface area contributed by atoms with E-state index in [1.807, 2.05) is 7.05 Å². The average Bonchev–Trinajstić information content (AvgIpc) is 2.49. The summed E-state index contributed by atoms with van der Waals surface area (Å²) < 4.78 is 18.9. The van der Waals surface area contributed by atoms with E-state index in [2.05, 4.69) is 16.3 Å². The number of nitriles is 1. The van der Waals surface area contributed by atoms with Gasteiger partial charge in [0.1, 0.15) is 22.7 Å². The molecule has 1 saturated heterocycles. The van der Waals surface area contributed by atoms with Crippen molar-refractivity contribution in [1.82, 2.24) is 10.2 Å². The topological polar surface area (TPSA) is 65.4 Å². The fourth-order valence-electron chi connectivity index (χ4n) is 2.44. The standard InChI is InChI=1S/C15H18FN3O2/c1-19-8-6-15(10-17,7-9-19)18-14(20)13-11(16)4-3-5-12(13)21-2/h3-5H,6-9H2,1-2H3,(H,18,20). The second-order valence-corrected chi connectivity index (χ2v) is 5.27. The van der Waals surface area contributed by atoms with Crippen LogP contribution in [0.3, 0.4) is 0 Å². The van der Waals surface area contributed by atoms with E-state index in [0.29, 0.717) is 25.9 Å². The van der Waals surface area contributed by atoms with Crippen LogP contribution in [-0.2, 0) is 0 Å². The fourth-order valence-corrected chi connectivity index (χ4v) is 2.44. The van der Waals surface area contributed by atoms with Crippen molar-refractivity contribution in [3.8, 4) is 11.8 Å². The predicted molar refractivity (Wildman–Crippen MR) is 75.5 cm³/mol. The van der Waals surface area contributed by atoms with Gasteiger partial charge in [-0.05, 0) is 32.0 Å².